The summed E-state index contributed by atoms with van der Waals surface area (Å²) in [7, 11) is 1.63. The number of nitrogens with two attached hydrogens (primary N) is 1. The van der Waals surface area contributed by atoms with E-state index in [0.29, 0.717) is 6.54 Å². The Morgan fingerprint density at radius 1 is 1.50 bits per heavy atom. The van der Waals surface area contributed by atoms with Gasteiger partial charge in [0.15, 0.2) is 0 Å². The maximum Gasteiger partial charge on any atom is 0.123 e. The Hall–Kier alpha value is -0.730. The third-order valence-corrected chi connectivity index (χ3v) is 2.04. The Morgan fingerprint density at radius 3 is 2.83 bits per heavy atom. The molecule has 0 amide bonds. The quantitative estimate of drug-likeness (QED) is 0.780. The van der Waals surface area contributed by atoms with Crippen molar-refractivity contribution in [2.75, 3.05) is 13.7 Å². The van der Waals surface area contributed by atoms with E-state index in [0.717, 1.165) is 22.8 Å². The first-order valence-corrected chi connectivity index (χ1v) is 4.19. The molecule has 0 radical (unpaired) electrons. The summed E-state index contributed by atoms with van der Waals surface area (Å²) in [5.41, 5.74) is 6.43. The maximum absolute atomic E-state index is 5.95. The van der Waals surface area contributed by atoms with Crippen molar-refractivity contribution in [3.8, 4) is 5.75 Å². The van der Waals surface area contributed by atoms with E-state index in [1.807, 2.05) is 18.2 Å². The summed E-state index contributed by atoms with van der Waals surface area (Å²) in [6, 6.07) is 5.59. The predicted octanol–water partition coefficient (Wildman–Crippen LogP) is 1.85. The maximum atomic E-state index is 5.95. The Balaban J connectivity index is 3.02. The van der Waals surface area contributed by atoms with Crippen LogP contribution in [-0.2, 0) is 6.42 Å². The molecule has 0 fully saturated rings. The smallest absolute Gasteiger partial charge is 0.123 e. The third-order valence-electron chi connectivity index (χ3n) is 1.69. The molecule has 0 spiro atoms. The number of ether oxygens (including phenoxy) is 1. The molecule has 1 rings (SSSR count). The standard InChI is InChI=1S/C9H12ClNO/c1-12-9-4-2-3-8(10)7(9)5-6-11/h2-4H,5-6,11H2,1H3. The number of methoxy groups -OCH3 is 1. The first-order chi connectivity index (χ1) is 5.79. The van der Waals surface area contributed by atoms with Gasteiger partial charge in [0.1, 0.15) is 5.75 Å². The second-order valence-electron chi connectivity index (χ2n) is 2.46. The molecular formula is C9H12ClNO. The van der Waals surface area contributed by atoms with E-state index in [1.54, 1.807) is 7.11 Å². The second kappa shape index (κ2) is 4.33. The first-order valence-electron chi connectivity index (χ1n) is 3.81. The lowest BCUT2D eigenvalue weighted by Gasteiger charge is -2.08. The van der Waals surface area contributed by atoms with Crippen LogP contribution in [0.4, 0.5) is 0 Å². The van der Waals surface area contributed by atoms with Gasteiger partial charge in [-0.3, -0.25) is 0 Å². The zero-order chi connectivity index (χ0) is 8.97. The van der Waals surface area contributed by atoms with E-state index in [4.69, 9.17) is 22.1 Å². The molecule has 12 heavy (non-hydrogen) atoms. The molecule has 0 aromatic heterocycles. The zero-order valence-electron chi connectivity index (χ0n) is 7.01. The first kappa shape index (κ1) is 9.36. The fraction of sp³-hybridized carbons (Fsp3) is 0.333. The molecule has 3 heteroatoms. The predicted molar refractivity (Wildman–Crippen MR) is 50.8 cm³/mol. The van der Waals surface area contributed by atoms with Crippen LogP contribution in [0.15, 0.2) is 18.2 Å². The third kappa shape index (κ3) is 1.90. The van der Waals surface area contributed by atoms with Crippen LogP contribution in [0, 0.1) is 0 Å². The van der Waals surface area contributed by atoms with Gasteiger partial charge in [-0.2, -0.15) is 0 Å². The molecule has 2 nitrogen and oxygen atoms in total. The molecular weight excluding hydrogens is 174 g/mol. The van der Waals surface area contributed by atoms with Crippen molar-refractivity contribution in [2.45, 2.75) is 6.42 Å². The van der Waals surface area contributed by atoms with Crippen LogP contribution in [0.25, 0.3) is 0 Å². The Kier molecular flexibility index (Phi) is 3.38. The van der Waals surface area contributed by atoms with Gasteiger partial charge in [0.2, 0.25) is 0 Å². The molecule has 1 aromatic rings. The summed E-state index contributed by atoms with van der Waals surface area (Å²) < 4.78 is 5.14. The lowest BCUT2D eigenvalue weighted by atomic mass is 10.1. The van der Waals surface area contributed by atoms with Crippen LogP contribution in [0.2, 0.25) is 5.02 Å². The minimum Gasteiger partial charge on any atom is -0.496 e. The van der Waals surface area contributed by atoms with Gasteiger partial charge in [0.05, 0.1) is 7.11 Å². The Bertz CT molecular complexity index is 263. The molecule has 0 atom stereocenters. The summed E-state index contributed by atoms with van der Waals surface area (Å²) in [4.78, 5) is 0. The van der Waals surface area contributed by atoms with Gasteiger partial charge in [-0.25, -0.2) is 0 Å². The van der Waals surface area contributed by atoms with Gasteiger partial charge in [-0.15, -0.1) is 0 Å². The van der Waals surface area contributed by atoms with Crippen LogP contribution in [0.1, 0.15) is 5.56 Å². The number of rotatable bonds is 3. The molecule has 0 aliphatic heterocycles. The molecule has 0 heterocycles. The summed E-state index contributed by atoms with van der Waals surface area (Å²) in [5.74, 6) is 0.813. The highest BCUT2D eigenvalue weighted by Gasteiger charge is 2.05. The van der Waals surface area contributed by atoms with Crippen molar-refractivity contribution in [1.29, 1.82) is 0 Å². The molecule has 0 saturated carbocycles. The van der Waals surface area contributed by atoms with Gasteiger partial charge >= 0.3 is 0 Å². The molecule has 0 unspecified atom stereocenters. The Morgan fingerprint density at radius 2 is 2.25 bits per heavy atom. The van der Waals surface area contributed by atoms with Gasteiger partial charge in [-0.05, 0) is 25.1 Å². The van der Waals surface area contributed by atoms with E-state index < -0.39 is 0 Å². The normalized spacial score (nSPS) is 9.92. The number of hydrogen-bond acceptors (Lipinski definition) is 2. The van der Waals surface area contributed by atoms with Gasteiger partial charge < -0.3 is 10.5 Å². The number of benzene rings is 1. The minimum atomic E-state index is 0.583. The summed E-state index contributed by atoms with van der Waals surface area (Å²) in [6.45, 7) is 0.583. The lowest BCUT2D eigenvalue weighted by Crippen LogP contribution is -2.04. The zero-order valence-corrected chi connectivity index (χ0v) is 7.77. The SMILES string of the molecule is COc1cccc(Cl)c1CCN. The highest BCUT2D eigenvalue weighted by Crippen LogP contribution is 2.25. The fourth-order valence-electron chi connectivity index (χ4n) is 1.12. The molecule has 0 saturated heterocycles. The van der Waals surface area contributed by atoms with E-state index in [2.05, 4.69) is 0 Å². The van der Waals surface area contributed by atoms with Crippen molar-refractivity contribution >= 4 is 11.6 Å². The average Bonchev–Trinajstić information content (AvgIpc) is 2.09. The van der Waals surface area contributed by atoms with Crippen LogP contribution in [-0.4, -0.2) is 13.7 Å². The second-order valence-corrected chi connectivity index (χ2v) is 2.87. The van der Waals surface area contributed by atoms with E-state index in [-0.39, 0.29) is 0 Å². The van der Waals surface area contributed by atoms with Crippen molar-refractivity contribution in [3.63, 3.8) is 0 Å². The largest absolute Gasteiger partial charge is 0.496 e. The molecule has 66 valence electrons. The van der Waals surface area contributed by atoms with Gasteiger partial charge in [0, 0.05) is 10.6 Å². The molecule has 0 aliphatic rings. The van der Waals surface area contributed by atoms with E-state index in [9.17, 15) is 0 Å². The summed E-state index contributed by atoms with van der Waals surface area (Å²) >= 11 is 5.95. The summed E-state index contributed by atoms with van der Waals surface area (Å²) in [6.07, 6.45) is 0.753. The lowest BCUT2D eigenvalue weighted by molar-refractivity contribution is 0.410. The monoisotopic (exact) mass is 185 g/mol. The van der Waals surface area contributed by atoms with Crippen LogP contribution < -0.4 is 10.5 Å². The number of hydrogen-bond donors (Lipinski definition) is 1. The Labute approximate surface area is 77.3 Å². The minimum absolute atomic E-state index is 0.583. The number of halogens is 1. The molecule has 1 aromatic carbocycles. The molecule has 0 aliphatic carbocycles. The van der Waals surface area contributed by atoms with E-state index in [1.165, 1.54) is 0 Å². The molecule has 0 bridgehead atoms. The van der Waals surface area contributed by atoms with E-state index >= 15 is 0 Å². The van der Waals surface area contributed by atoms with Crippen LogP contribution in [0.3, 0.4) is 0 Å². The van der Waals surface area contributed by atoms with Crippen molar-refractivity contribution in [1.82, 2.24) is 0 Å². The van der Waals surface area contributed by atoms with Crippen molar-refractivity contribution in [3.05, 3.63) is 28.8 Å². The highest BCUT2D eigenvalue weighted by molar-refractivity contribution is 6.31. The van der Waals surface area contributed by atoms with Crippen molar-refractivity contribution < 1.29 is 4.74 Å². The highest BCUT2D eigenvalue weighted by atomic mass is 35.5. The van der Waals surface area contributed by atoms with Gasteiger partial charge in [-0.1, -0.05) is 17.7 Å². The topological polar surface area (TPSA) is 35.2 Å². The fourth-order valence-corrected chi connectivity index (χ4v) is 1.38. The average molecular weight is 186 g/mol. The summed E-state index contributed by atoms with van der Waals surface area (Å²) in [5, 5.41) is 0.722. The van der Waals surface area contributed by atoms with Crippen LogP contribution in [0.5, 0.6) is 5.75 Å². The molecule has 2 N–H and O–H groups in total. The van der Waals surface area contributed by atoms with Gasteiger partial charge in [0.25, 0.3) is 0 Å². The van der Waals surface area contributed by atoms with Crippen molar-refractivity contribution in [2.24, 2.45) is 5.73 Å². The van der Waals surface area contributed by atoms with Crippen LogP contribution >= 0.6 is 11.6 Å².